The summed E-state index contributed by atoms with van der Waals surface area (Å²) in [5.74, 6) is 0.221. The molecule has 1 unspecified atom stereocenters. The standard InChI is InChI=1S/C15H21ClN2O/c1-4-18(11-12-5-7-13(16)8-6-12)14(19)15(2)9-10-17(15)3/h5-8H,4,9-11H2,1-3H3. The van der Waals surface area contributed by atoms with Crippen LogP contribution in [0, 0.1) is 0 Å². The molecule has 1 atom stereocenters. The molecular weight excluding hydrogens is 260 g/mol. The molecule has 0 aliphatic carbocycles. The molecule has 19 heavy (non-hydrogen) atoms. The fourth-order valence-electron chi connectivity index (χ4n) is 2.42. The van der Waals surface area contributed by atoms with Gasteiger partial charge in [0.2, 0.25) is 5.91 Å². The fourth-order valence-corrected chi connectivity index (χ4v) is 2.55. The van der Waals surface area contributed by atoms with Crippen LogP contribution in [0.5, 0.6) is 0 Å². The van der Waals surface area contributed by atoms with Crippen molar-refractivity contribution in [3.05, 3.63) is 34.9 Å². The minimum atomic E-state index is -0.317. The minimum Gasteiger partial charge on any atom is -0.337 e. The first-order valence-electron chi connectivity index (χ1n) is 6.72. The van der Waals surface area contributed by atoms with Gasteiger partial charge < -0.3 is 4.90 Å². The summed E-state index contributed by atoms with van der Waals surface area (Å²) in [6.45, 7) is 6.43. The van der Waals surface area contributed by atoms with E-state index in [4.69, 9.17) is 11.6 Å². The molecule has 1 fully saturated rings. The average Bonchev–Trinajstić information content (AvgIpc) is 2.43. The van der Waals surface area contributed by atoms with Gasteiger partial charge in [-0.2, -0.15) is 0 Å². The SMILES string of the molecule is CCN(Cc1ccc(Cl)cc1)C(=O)C1(C)CCN1C. The lowest BCUT2D eigenvalue weighted by Gasteiger charge is -2.49. The van der Waals surface area contributed by atoms with Gasteiger partial charge in [0.05, 0.1) is 5.54 Å². The highest BCUT2D eigenvalue weighted by atomic mass is 35.5. The molecule has 1 saturated heterocycles. The number of carbonyl (C=O) groups excluding carboxylic acids is 1. The number of hydrogen-bond acceptors (Lipinski definition) is 2. The second kappa shape index (κ2) is 5.51. The van der Waals surface area contributed by atoms with Crippen molar-refractivity contribution in [3.63, 3.8) is 0 Å². The molecular formula is C15H21ClN2O. The van der Waals surface area contributed by atoms with E-state index in [1.54, 1.807) is 0 Å². The van der Waals surface area contributed by atoms with Crippen LogP contribution in [0.25, 0.3) is 0 Å². The summed E-state index contributed by atoms with van der Waals surface area (Å²) in [6, 6.07) is 7.69. The van der Waals surface area contributed by atoms with Crippen molar-refractivity contribution in [1.82, 2.24) is 9.80 Å². The van der Waals surface area contributed by atoms with Gasteiger partial charge in [0.1, 0.15) is 0 Å². The molecule has 1 heterocycles. The number of carbonyl (C=O) groups is 1. The Morgan fingerprint density at radius 3 is 2.47 bits per heavy atom. The van der Waals surface area contributed by atoms with Crippen molar-refractivity contribution in [1.29, 1.82) is 0 Å². The summed E-state index contributed by atoms with van der Waals surface area (Å²) >= 11 is 5.88. The molecule has 1 aliphatic rings. The number of hydrogen-bond donors (Lipinski definition) is 0. The van der Waals surface area contributed by atoms with Gasteiger partial charge in [-0.1, -0.05) is 23.7 Å². The van der Waals surface area contributed by atoms with Crippen molar-refractivity contribution in [3.8, 4) is 0 Å². The first kappa shape index (κ1) is 14.4. The Hall–Kier alpha value is -1.06. The predicted molar refractivity (Wildman–Crippen MR) is 78.2 cm³/mol. The second-order valence-electron chi connectivity index (χ2n) is 5.39. The van der Waals surface area contributed by atoms with E-state index in [0.717, 1.165) is 30.1 Å². The number of nitrogens with zero attached hydrogens (tertiary/aromatic N) is 2. The Balaban J connectivity index is 2.08. The normalized spacial score (nSPS) is 22.9. The minimum absolute atomic E-state index is 0.221. The molecule has 1 aromatic carbocycles. The van der Waals surface area contributed by atoms with Gasteiger partial charge in [-0.05, 0) is 45.0 Å². The quantitative estimate of drug-likeness (QED) is 0.847. The molecule has 1 aliphatic heterocycles. The van der Waals surface area contributed by atoms with Gasteiger partial charge in [-0.15, -0.1) is 0 Å². The zero-order valence-electron chi connectivity index (χ0n) is 11.8. The number of amides is 1. The fraction of sp³-hybridized carbons (Fsp3) is 0.533. The summed E-state index contributed by atoms with van der Waals surface area (Å²) in [5, 5.41) is 0.726. The van der Waals surface area contributed by atoms with Crippen LogP contribution in [0.2, 0.25) is 5.02 Å². The van der Waals surface area contributed by atoms with Crippen LogP contribution < -0.4 is 0 Å². The van der Waals surface area contributed by atoms with Crippen molar-refractivity contribution in [2.75, 3.05) is 20.1 Å². The molecule has 2 rings (SSSR count). The number of likely N-dealkylation sites (tertiary alicyclic amines) is 1. The molecule has 0 bridgehead atoms. The number of halogens is 1. The van der Waals surface area contributed by atoms with Gasteiger partial charge in [-0.25, -0.2) is 0 Å². The molecule has 0 spiro atoms. The molecule has 0 N–H and O–H groups in total. The van der Waals surface area contributed by atoms with Gasteiger partial charge in [-0.3, -0.25) is 9.69 Å². The van der Waals surface area contributed by atoms with E-state index >= 15 is 0 Å². The highest BCUT2D eigenvalue weighted by molar-refractivity contribution is 6.30. The Labute approximate surface area is 120 Å². The lowest BCUT2D eigenvalue weighted by molar-refractivity contribution is -0.150. The van der Waals surface area contributed by atoms with Crippen molar-refractivity contribution < 1.29 is 4.79 Å². The maximum atomic E-state index is 12.6. The highest BCUT2D eigenvalue weighted by Gasteiger charge is 2.46. The smallest absolute Gasteiger partial charge is 0.243 e. The molecule has 4 heteroatoms. The van der Waals surface area contributed by atoms with Crippen molar-refractivity contribution in [2.45, 2.75) is 32.4 Å². The number of benzene rings is 1. The van der Waals surface area contributed by atoms with E-state index in [0.29, 0.717) is 6.54 Å². The summed E-state index contributed by atoms with van der Waals surface area (Å²) in [5.41, 5.74) is 0.799. The summed E-state index contributed by atoms with van der Waals surface area (Å²) in [7, 11) is 2.01. The third-order valence-corrected chi connectivity index (χ3v) is 4.44. The summed E-state index contributed by atoms with van der Waals surface area (Å²) in [6.07, 6.45) is 0.944. The van der Waals surface area contributed by atoms with Crippen LogP contribution >= 0.6 is 11.6 Å². The number of likely N-dealkylation sites (N-methyl/N-ethyl adjacent to an activating group) is 2. The highest BCUT2D eigenvalue weighted by Crippen LogP contribution is 2.30. The van der Waals surface area contributed by atoms with Crippen LogP contribution in [0.1, 0.15) is 25.8 Å². The van der Waals surface area contributed by atoms with Gasteiger partial charge in [0.25, 0.3) is 0 Å². The van der Waals surface area contributed by atoms with Crippen LogP contribution in [0.3, 0.4) is 0 Å². The predicted octanol–water partition coefficient (Wildman–Crippen LogP) is 2.78. The third-order valence-electron chi connectivity index (χ3n) is 4.19. The lowest BCUT2D eigenvalue weighted by atomic mass is 9.86. The van der Waals surface area contributed by atoms with Crippen molar-refractivity contribution >= 4 is 17.5 Å². The van der Waals surface area contributed by atoms with Crippen LogP contribution in [-0.4, -0.2) is 41.4 Å². The zero-order valence-corrected chi connectivity index (χ0v) is 12.6. The van der Waals surface area contributed by atoms with E-state index in [2.05, 4.69) is 4.90 Å². The largest absolute Gasteiger partial charge is 0.337 e. The molecule has 1 amide bonds. The topological polar surface area (TPSA) is 23.6 Å². The van der Waals surface area contributed by atoms with Crippen LogP contribution in [-0.2, 0) is 11.3 Å². The molecule has 104 valence electrons. The van der Waals surface area contributed by atoms with E-state index < -0.39 is 0 Å². The van der Waals surface area contributed by atoms with E-state index in [1.165, 1.54) is 0 Å². The van der Waals surface area contributed by atoms with E-state index in [-0.39, 0.29) is 11.4 Å². The molecule has 1 aromatic rings. The molecule has 0 aromatic heterocycles. The first-order valence-corrected chi connectivity index (χ1v) is 7.10. The van der Waals surface area contributed by atoms with Gasteiger partial charge in [0, 0.05) is 24.7 Å². The summed E-state index contributed by atoms with van der Waals surface area (Å²) < 4.78 is 0. The van der Waals surface area contributed by atoms with Crippen LogP contribution in [0.15, 0.2) is 24.3 Å². The summed E-state index contributed by atoms with van der Waals surface area (Å²) in [4.78, 5) is 16.7. The maximum absolute atomic E-state index is 12.6. The Morgan fingerprint density at radius 2 is 2.05 bits per heavy atom. The van der Waals surface area contributed by atoms with E-state index in [1.807, 2.05) is 50.1 Å². The molecule has 0 radical (unpaired) electrons. The Bertz CT molecular complexity index is 460. The second-order valence-corrected chi connectivity index (χ2v) is 5.83. The first-order chi connectivity index (χ1) is 8.97. The van der Waals surface area contributed by atoms with Gasteiger partial charge in [0.15, 0.2) is 0 Å². The average molecular weight is 281 g/mol. The monoisotopic (exact) mass is 280 g/mol. The zero-order chi connectivity index (χ0) is 14.0. The Kier molecular flexibility index (Phi) is 4.16. The molecule has 0 saturated carbocycles. The lowest BCUT2D eigenvalue weighted by Crippen LogP contribution is -2.64. The van der Waals surface area contributed by atoms with Crippen molar-refractivity contribution in [2.24, 2.45) is 0 Å². The van der Waals surface area contributed by atoms with E-state index in [9.17, 15) is 4.79 Å². The Morgan fingerprint density at radius 1 is 1.42 bits per heavy atom. The van der Waals surface area contributed by atoms with Crippen LogP contribution in [0.4, 0.5) is 0 Å². The van der Waals surface area contributed by atoms with Gasteiger partial charge >= 0.3 is 0 Å². The molecule has 3 nitrogen and oxygen atoms in total. The maximum Gasteiger partial charge on any atom is 0.243 e. The third kappa shape index (κ3) is 2.77. The number of rotatable bonds is 4.